The number of methoxy groups -OCH3 is 1. The Hall–Kier alpha value is -1.53. The van der Waals surface area contributed by atoms with Crippen LogP contribution in [0.3, 0.4) is 0 Å². The predicted molar refractivity (Wildman–Crippen MR) is 75.0 cm³/mol. The number of esters is 1. The van der Waals surface area contributed by atoms with Crippen molar-refractivity contribution in [3.05, 3.63) is 35.3 Å². The van der Waals surface area contributed by atoms with Crippen molar-refractivity contribution in [1.82, 2.24) is 4.98 Å². The third-order valence-corrected chi connectivity index (χ3v) is 3.70. The fourth-order valence-corrected chi connectivity index (χ4v) is 2.51. The van der Waals surface area contributed by atoms with Crippen molar-refractivity contribution in [2.45, 2.75) is 4.90 Å². The van der Waals surface area contributed by atoms with Gasteiger partial charge in [0.1, 0.15) is 0 Å². The quantitative estimate of drug-likeness (QED) is 0.687. The van der Waals surface area contributed by atoms with E-state index < -0.39 is 5.97 Å². The van der Waals surface area contributed by atoms with Crippen molar-refractivity contribution >= 4 is 39.9 Å². The van der Waals surface area contributed by atoms with Crippen LogP contribution in [0.4, 0.5) is 10.8 Å². The van der Waals surface area contributed by atoms with Gasteiger partial charge in [0, 0.05) is 16.0 Å². The molecular weight excluding hydrogens is 268 g/mol. The van der Waals surface area contributed by atoms with E-state index in [1.807, 2.05) is 30.5 Å². The topological polar surface area (TPSA) is 51.2 Å². The molecule has 0 atom stereocenters. The molecule has 6 heteroatoms. The molecule has 0 saturated heterocycles. The first-order valence-corrected chi connectivity index (χ1v) is 7.28. The first kappa shape index (κ1) is 12.9. The highest BCUT2D eigenvalue weighted by Gasteiger charge is 2.10. The molecule has 0 fully saturated rings. The van der Waals surface area contributed by atoms with Gasteiger partial charge in [-0.2, -0.15) is 0 Å². The van der Waals surface area contributed by atoms with Crippen LogP contribution in [0.2, 0.25) is 0 Å². The fourth-order valence-electron chi connectivity index (χ4n) is 1.35. The van der Waals surface area contributed by atoms with Gasteiger partial charge in [0.15, 0.2) is 10.8 Å². The lowest BCUT2D eigenvalue weighted by atomic mass is 10.3. The van der Waals surface area contributed by atoms with Crippen molar-refractivity contribution in [3.63, 3.8) is 0 Å². The van der Waals surface area contributed by atoms with E-state index in [-0.39, 0.29) is 0 Å². The highest BCUT2D eigenvalue weighted by molar-refractivity contribution is 7.98. The Morgan fingerprint density at radius 1 is 1.50 bits per heavy atom. The van der Waals surface area contributed by atoms with E-state index in [9.17, 15) is 4.79 Å². The zero-order valence-electron chi connectivity index (χ0n) is 9.97. The van der Waals surface area contributed by atoms with E-state index in [0.717, 1.165) is 5.69 Å². The van der Waals surface area contributed by atoms with Gasteiger partial charge in [-0.05, 0) is 24.5 Å². The van der Waals surface area contributed by atoms with Gasteiger partial charge in [-0.1, -0.05) is 6.07 Å². The van der Waals surface area contributed by atoms with Crippen LogP contribution in [0.25, 0.3) is 0 Å². The average Bonchev–Trinajstić information content (AvgIpc) is 2.86. The van der Waals surface area contributed by atoms with E-state index in [1.165, 1.54) is 23.3 Å². The monoisotopic (exact) mass is 280 g/mol. The number of anilines is 2. The summed E-state index contributed by atoms with van der Waals surface area (Å²) in [5, 5.41) is 5.51. The van der Waals surface area contributed by atoms with Crippen LogP contribution >= 0.6 is 23.1 Å². The molecular formula is C12H12N2O2S2. The summed E-state index contributed by atoms with van der Waals surface area (Å²) in [6.07, 6.45) is 2.03. The van der Waals surface area contributed by atoms with Gasteiger partial charge in [-0.15, -0.1) is 23.1 Å². The molecule has 1 aromatic carbocycles. The summed E-state index contributed by atoms with van der Waals surface area (Å²) in [6, 6.07) is 8.00. The molecule has 0 aliphatic heterocycles. The molecule has 0 bridgehead atoms. The zero-order chi connectivity index (χ0) is 13.0. The summed E-state index contributed by atoms with van der Waals surface area (Å²) in [7, 11) is 1.34. The lowest BCUT2D eigenvalue weighted by Crippen LogP contribution is -2.01. The summed E-state index contributed by atoms with van der Waals surface area (Å²) < 4.78 is 4.61. The number of ether oxygens (including phenoxy) is 1. The van der Waals surface area contributed by atoms with E-state index >= 15 is 0 Å². The molecule has 0 spiro atoms. The van der Waals surface area contributed by atoms with Crippen LogP contribution in [0.1, 0.15) is 10.5 Å². The number of hydrogen-bond acceptors (Lipinski definition) is 6. The van der Waals surface area contributed by atoms with Crippen LogP contribution in [-0.2, 0) is 4.74 Å². The molecule has 94 valence electrons. The average molecular weight is 280 g/mol. The Morgan fingerprint density at radius 3 is 3.06 bits per heavy atom. The molecule has 18 heavy (non-hydrogen) atoms. The number of aromatic nitrogens is 1. The first-order valence-electron chi connectivity index (χ1n) is 5.18. The lowest BCUT2D eigenvalue weighted by molar-refractivity contribution is 0.0595. The molecule has 2 aromatic rings. The maximum Gasteiger partial charge on any atom is 0.357 e. The number of carbonyl (C=O) groups is 1. The van der Waals surface area contributed by atoms with Gasteiger partial charge in [0.25, 0.3) is 0 Å². The van der Waals surface area contributed by atoms with Crippen LogP contribution < -0.4 is 5.32 Å². The zero-order valence-corrected chi connectivity index (χ0v) is 11.6. The minimum Gasteiger partial charge on any atom is -0.464 e. The van der Waals surface area contributed by atoms with Gasteiger partial charge >= 0.3 is 5.97 Å². The number of benzene rings is 1. The molecule has 0 saturated carbocycles. The Morgan fingerprint density at radius 2 is 2.33 bits per heavy atom. The predicted octanol–water partition coefficient (Wildman–Crippen LogP) is 3.40. The highest BCUT2D eigenvalue weighted by Crippen LogP contribution is 2.24. The van der Waals surface area contributed by atoms with Crippen LogP contribution in [-0.4, -0.2) is 24.3 Å². The molecule has 1 N–H and O–H groups in total. The summed E-state index contributed by atoms with van der Waals surface area (Å²) in [4.78, 5) is 16.6. The lowest BCUT2D eigenvalue weighted by Gasteiger charge is -2.03. The van der Waals surface area contributed by atoms with Crippen molar-refractivity contribution in [2.75, 3.05) is 18.7 Å². The number of rotatable bonds is 4. The Labute approximate surface area is 113 Å². The van der Waals surface area contributed by atoms with Crippen molar-refractivity contribution < 1.29 is 9.53 Å². The smallest absolute Gasteiger partial charge is 0.357 e. The standard InChI is InChI=1S/C12H12N2O2S2/c1-16-11(15)10-7-18-12(14-10)13-8-4-3-5-9(6-8)17-2/h3-7H,1-2H3,(H,13,14). The van der Waals surface area contributed by atoms with E-state index in [2.05, 4.69) is 15.0 Å². The second-order valence-electron chi connectivity index (χ2n) is 3.39. The third kappa shape index (κ3) is 3.02. The molecule has 0 amide bonds. The van der Waals surface area contributed by atoms with Crippen molar-refractivity contribution in [3.8, 4) is 0 Å². The van der Waals surface area contributed by atoms with Gasteiger partial charge < -0.3 is 10.1 Å². The third-order valence-electron chi connectivity index (χ3n) is 2.22. The second-order valence-corrected chi connectivity index (χ2v) is 5.12. The molecule has 0 aliphatic carbocycles. The number of nitrogens with zero attached hydrogens (tertiary/aromatic N) is 1. The molecule has 0 radical (unpaired) electrons. The molecule has 1 aromatic heterocycles. The van der Waals surface area contributed by atoms with E-state index in [4.69, 9.17) is 0 Å². The molecule has 2 rings (SSSR count). The summed E-state index contributed by atoms with van der Waals surface area (Å²) in [5.74, 6) is -0.419. The minimum absolute atomic E-state index is 0.325. The van der Waals surface area contributed by atoms with Gasteiger partial charge in [0.05, 0.1) is 7.11 Å². The van der Waals surface area contributed by atoms with Crippen LogP contribution in [0.15, 0.2) is 34.5 Å². The number of hydrogen-bond donors (Lipinski definition) is 1. The SMILES string of the molecule is COC(=O)c1csc(Nc2cccc(SC)c2)n1. The summed E-state index contributed by atoms with van der Waals surface area (Å²) in [5.41, 5.74) is 1.28. The normalized spacial score (nSPS) is 10.1. The van der Waals surface area contributed by atoms with Crippen molar-refractivity contribution in [1.29, 1.82) is 0 Å². The van der Waals surface area contributed by atoms with Gasteiger partial charge in [0.2, 0.25) is 0 Å². The summed E-state index contributed by atoms with van der Waals surface area (Å²) >= 11 is 3.05. The Bertz CT molecular complexity index is 555. The van der Waals surface area contributed by atoms with Crippen LogP contribution in [0.5, 0.6) is 0 Å². The number of thiazole rings is 1. The maximum absolute atomic E-state index is 11.3. The minimum atomic E-state index is -0.419. The second kappa shape index (κ2) is 5.88. The van der Waals surface area contributed by atoms with Gasteiger partial charge in [-0.25, -0.2) is 9.78 Å². The maximum atomic E-state index is 11.3. The van der Waals surface area contributed by atoms with Crippen molar-refractivity contribution in [2.24, 2.45) is 0 Å². The Balaban J connectivity index is 2.13. The number of thioether (sulfide) groups is 1. The van der Waals surface area contributed by atoms with Crippen LogP contribution in [0, 0.1) is 0 Å². The summed E-state index contributed by atoms with van der Waals surface area (Å²) in [6.45, 7) is 0. The number of carbonyl (C=O) groups excluding carboxylic acids is 1. The molecule has 1 heterocycles. The fraction of sp³-hybridized carbons (Fsp3) is 0.167. The highest BCUT2D eigenvalue weighted by atomic mass is 32.2. The van der Waals surface area contributed by atoms with E-state index in [0.29, 0.717) is 10.8 Å². The number of nitrogens with one attached hydrogen (secondary N) is 1. The molecule has 0 unspecified atom stereocenters. The van der Waals surface area contributed by atoms with Gasteiger partial charge in [-0.3, -0.25) is 0 Å². The molecule has 0 aliphatic rings. The largest absolute Gasteiger partial charge is 0.464 e. The van der Waals surface area contributed by atoms with E-state index in [1.54, 1.807) is 17.1 Å². The Kier molecular flexibility index (Phi) is 4.22. The first-order chi connectivity index (χ1) is 8.72. The molecule has 4 nitrogen and oxygen atoms in total.